The van der Waals surface area contributed by atoms with Crippen LogP contribution in [0, 0.1) is 16.7 Å². The first kappa shape index (κ1) is 16.1. The molecule has 0 unspecified atom stereocenters. The number of nitriles is 1. The number of nitrogens with zero attached hydrogens (tertiary/aromatic N) is 5. The highest BCUT2D eigenvalue weighted by atomic mass is 16.5. The zero-order chi connectivity index (χ0) is 17.7. The number of hydrogen-bond donors (Lipinski definition) is 1. The Morgan fingerprint density at radius 2 is 2.15 bits per heavy atom. The van der Waals surface area contributed by atoms with Crippen molar-refractivity contribution in [1.82, 2.24) is 19.8 Å². The van der Waals surface area contributed by atoms with Gasteiger partial charge >= 0.3 is 0 Å². The highest BCUT2D eigenvalue weighted by molar-refractivity contribution is 5.74. The molecule has 0 bridgehead atoms. The van der Waals surface area contributed by atoms with Crippen molar-refractivity contribution in [2.75, 3.05) is 50.7 Å². The lowest BCUT2D eigenvalue weighted by Crippen LogP contribution is -2.72. The van der Waals surface area contributed by atoms with Gasteiger partial charge in [0.15, 0.2) is 0 Å². The van der Waals surface area contributed by atoms with Gasteiger partial charge in [0.05, 0.1) is 29.6 Å². The van der Waals surface area contributed by atoms with Crippen LogP contribution in [0.3, 0.4) is 0 Å². The van der Waals surface area contributed by atoms with E-state index in [1.807, 2.05) is 18.2 Å². The molecule has 26 heavy (non-hydrogen) atoms. The summed E-state index contributed by atoms with van der Waals surface area (Å²) in [5.74, 6) is 0. The van der Waals surface area contributed by atoms with Crippen LogP contribution in [-0.2, 0) is 4.74 Å². The van der Waals surface area contributed by atoms with Crippen LogP contribution in [0.2, 0.25) is 0 Å². The van der Waals surface area contributed by atoms with Gasteiger partial charge in [-0.1, -0.05) is 0 Å². The van der Waals surface area contributed by atoms with E-state index < -0.39 is 0 Å². The summed E-state index contributed by atoms with van der Waals surface area (Å²) in [5, 5.41) is 17.0. The van der Waals surface area contributed by atoms with Crippen LogP contribution >= 0.6 is 0 Å². The van der Waals surface area contributed by atoms with E-state index in [4.69, 9.17) is 4.74 Å². The molecular formula is C19H24N6O. The Balaban J connectivity index is 1.33. The third-order valence-corrected chi connectivity index (χ3v) is 5.89. The number of pyridine rings is 1. The second-order valence-electron chi connectivity index (χ2n) is 8.09. The first-order chi connectivity index (χ1) is 12.7. The highest BCUT2D eigenvalue weighted by Gasteiger charge is 2.48. The molecule has 0 amide bonds. The summed E-state index contributed by atoms with van der Waals surface area (Å²) < 4.78 is 7.96. The van der Waals surface area contributed by atoms with Crippen LogP contribution in [0.4, 0.5) is 5.69 Å². The van der Waals surface area contributed by atoms with Crippen molar-refractivity contribution < 1.29 is 4.74 Å². The number of anilines is 1. The predicted molar refractivity (Wildman–Crippen MR) is 98.2 cm³/mol. The molecule has 1 N–H and O–H groups in total. The zero-order valence-electron chi connectivity index (χ0n) is 15.1. The molecule has 3 aliphatic rings. The lowest BCUT2D eigenvalue weighted by Gasteiger charge is -2.57. The minimum absolute atomic E-state index is 0.188. The standard InChI is InChI=1S/C19H24N6O/c1-14-7-24(17-3-2-15(6-20)25-18(17)4-5-22-25)9-16(26-14)8-23-12-19(13-23)10-21-11-19/h2-5,14,16,21H,7-13H2,1H3/t14-,16+/m1/s1. The number of aromatic nitrogens is 2. The molecule has 0 saturated carbocycles. The Labute approximate surface area is 153 Å². The van der Waals surface area contributed by atoms with Gasteiger partial charge in [0, 0.05) is 51.2 Å². The molecule has 3 saturated heterocycles. The number of ether oxygens (including phenoxy) is 1. The first-order valence-corrected chi connectivity index (χ1v) is 9.36. The third kappa shape index (κ3) is 2.57. The average molecular weight is 352 g/mol. The summed E-state index contributed by atoms with van der Waals surface area (Å²) in [6, 6.07) is 8.09. The largest absolute Gasteiger partial charge is 0.370 e. The normalized spacial score (nSPS) is 27.9. The van der Waals surface area contributed by atoms with Gasteiger partial charge in [0.2, 0.25) is 0 Å². The Bertz CT molecular complexity index is 859. The van der Waals surface area contributed by atoms with Gasteiger partial charge < -0.3 is 15.0 Å². The van der Waals surface area contributed by atoms with E-state index in [-0.39, 0.29) is 12.2 Å². The van der Waals surface area contributed by atoms with Crippen molar-refractivity contribution in [3.05, 3.63) is 30.1 Å². The Morgan fingerprint density at radius 3 is 2.88 bits per heavy atom. The fourth-order valence-corrected chi connectivity index (χ4v) is 4.72. The second-order valence-corrected chi connectivity index (χ2v) is 8.09. The van der Waals surface area contributed by atoms with Crippen molar-refractivity contribution in [3.8, 4) is 6.07 Å². The number of rotatable bonds is 3. The number of nitrogens with one attached hydrogen (secondary N) is 1. The molecule has 5 rings (SSSR count). The van der Waals surface area contributed by atoms with Gasteiger partial charge in [0.1, 0.15) is 11.8 Å². The maximum Gasteiger partial charge on any atom is 0.142 e. The topological polar surface area (TPSA) is 68.8 Å². The summed E-state index contributed by atoms with van der Waals surface area (Å²) in [7, 11) is 0. The molecule has 7 heteroatoms. The van der Waals surface area contributed by atoms with Crippen molar-refractivity contribution in [1.29, 1.82) is 5.26 Å². The molecule has 2 aromatic rings. The van der Waals surface area contributed by atoms with Crippen molar-refractivity contribution in [2.24, 2.45) is 5.41 Å². The SMILES string of the molecule is C[C@@H]1CN(c2ccc(C#N)n3nccc23)C[C@H](CN2CC3(CNC3)C2)O1. The number of morpholine rings is 1. The van der Waals surface area contributed by atoms with Crippen molar-refractivity contribution in [3.63, 3.8) is 0 Å². The molecule has 3 fully saturated rings. The van der Waals surface area contributed by atoms with E-state index in [9.17, 15) is 5.26 Å². The van der Waals surface area contributed by atoms with E-state index in [1.165, 1.54) is 26.2 Å². The molecule has 2 aromatic heterocycles. The van der Waals surface area contributed by atoms with E-state index in [1.54, 1.807) is 10.7 Å². The lowest BCUT2D eigenvalue weighted by atomic mass is 9.74. The van der Waals surface area contributed by atoms with E-state index in [2.05, 4.69) is 33.2 Å². The quantitative estimate of drug-likeness (QED) is 0.877. The second kappa shape index (κ2) is 5.95. The fraction of sp³-hybridized carbons (Fsp3) is 0.579. The number of hydrogen-bond acceptors (Lipinski definition) is 6. The van der Waals surface area contributed by atoms with Gasteiger partial charge in [0.25, 0.3) is 0 Å². The fourth-order valence-electron chi connectivity index (χ4n) is 4.72. The lowest BCUT2D eigenvalue weighted by molar-refractivity contribution is -0.0886. The third-order valence-electron chi connectivity index (χ3n) is 5.89. The molecule has 136 valence electrons. The molecule has 3 aliphatic heterocycles. The smallest absolute Gasteiger partial charge is 0.142 e. The summed E-state index contributed by atoms with van der Waals surface area (Å²) in [6.45, 7) is 9.59. The minimum Gasteiger partial charge on any atom is -0.370 e. The summed E-state index contributed by atoms with van der Waals surface area (Å²) in [4.78, 5) is 4.91. The van der Waals surface area contributed by atoms with Crippen LogP contribution < -0.4 is 10.2 Å². The molecule has 0 radical (unpaired) electrons. The first-order valence-electron chi connectivity index (χ1n) is 9.36. The number of likely N-dealkylation sites (tertiary alicyclic amines) is 1. The Morgan fingerprint density at radius 1 is 1.31 bits per heavy atom. The predicted octanol–water partition coefficient (Wildman–Crippen LogP) is 0.705. The summed E-state index contributed by atoms with van der Waals surface area (Å²) >= 11 is 0. The Kier molecular flexibility index (Phi) is 3.67. The van der Waals surface area contributed by atoms with Crippen molar-refractivity contribution >= 4 is 11.2 Å². The molecule has 0 aliphatic carbocycles. The van der Waals surface area contributed by atoms with Crippen LogP contribution in [0.15, 0.2) is 24.4 Å². The maximum atomic E-state index is 9.29. The molecule has 7 nitrogen and oxygen atoms in total. The van der Waals surface area contributed by atoms with E-state index in [0.717, 1.165) is 30.8 Å². The zero-order valence-corrected chi connectivity index (χ0v) is 15.1. The van der Waals surface area contributed by atoms with Gasteiger partial charge in [-0.25, -0.2) is 4.52 Å². The summed E-state index contributed by atoms with van der Waals surface area (Å²) in [5.41, 5.74) is 3.23. The number of fused-ring (bicyclic) bond motifs is 1. The average Bonchev–Trinajstić information content (AvgIpc) is 3.04. The van der Waals surface area contributed by atoms with Crippen LogP contribution in [0.25, 0.3) is 5.52 Å². The van der Waals surface area contributed by atoms with E-state index in [0.29, 0.717) is 11.1 Å². The van der Waals surface area contributed by atoms with Gasteiger partial charge in [-0.15, -0.1) is 0 Å². The van der Waals surface area contributed by atoms with Crippen LogP contribution in [0.5, 0.6) is 0 Å². The molecular weight excluding hydrogens is 328 g/mol. The maximum absolute atomic E-state index is 9.29. The summed E-state index contributed by atoms with van der Waals surface area (Å²) in [6.07, 6.45) is 2.16. The minimum atomic E-state index is 0.188. The van der Waals surface area contributed by atoms with E-state index >= 15 is 0 Å². The van der Waals surface area contributed by atoms with Crippen LogP contribution in [-0.4, -0.2) is 72.5 Å². The molecule has 2 atom stereocenters. The van der Waals surface area contributed by atoms with Gasteiger partial charge in [-0.3, -0.25) is 4.90 Å². The molecule has 5 heterocycles. The van der Waals surface area contributed by atoms with Gasteiger partial charge in [-0.05, 0) is 25.1 Å². The highest BCUT2D eigenvalue weighted by Crippen LogP contribution is 2.34. The Hall–Kier alpha value is -2.14. The molecule has 1 spiro atoms. The van der Waals surface area contributed by atoms with Gasteiger partial charge in [-0.2, -0.15) is 10.4 Å². The monoisotopic (exact) mass is 352 g/mol. The molecule has 0 aromatic carbocycles. The van der Waals surface area contributed by atoms with Crippen molar-refractivity contribution in [2.45, 2.75) is 19.1 Å². The van der Waals surface area contributed by atoms with Crippen LogP contribution in [0.1, 0.15) is 12.6 Å².